The maximum absolute atomic E-state index is 4.36. The van der Waals surface area contributed by atoms with Gasteiger partial charge in [0.2, 0.25) is 0 Å². The Morgan fingerprint density at radius 1 is 1.50 bits per heavy atom. The van der Waals surface area contributed by atoms with Crippen molar-refractivity contribution >= 4 is 0 Å². The Morgan fingerprint density at radius 2 is 2.20 bits per heavy atom. The fraction of sp³-hybridized carbons (Fsp3) is 0.750. The van der Waals surface area contributed by atoms with Crippen LogP contribution >= 0.6 is 0 Å². The van der Waals surface area contributed by atoms with Crippen molar-refractivity contribution in [2.75, 3.05) is 19.6 Å². The lowest BCUT2D eigenvalue weighted by molar-refractivity contribution is 0.359. The molecule has 0 aromatic rings. The van der Waals surface area contributed by atoms with Crippen LogP contribution in [0.5, 0.6) is 0 Å². The molecule has 0 fully saturated rings. The van der Waals surface area contributed by atoms with Crippen LogP contribution in [-0.4, -0.2) is 24.5 Å². The van der Waals surface area contributed by atoms with Gasteiger partial charge in [0.05, 0.1) is 0 Å². The molecule has 0 saturated carbocycles. The normalized spacial score (nSPS) is 16.4. The van der Waals surface area contributed by atoms with Gasteiger partial charge >= 0.3 is 0 Å². The molecule has 0 spiro atoms. The second-order valence-corrected chi connectivity index (χ2v) is 2.41. The van der Waals surface area contributed by atoms with Crippen LogP contribution in [-0.2, 0) is 0 Å². The molecular formula is C8H15N2. The third-order valence-electron chi connectivity index (χ3n) is 1.82. The molecule has 10 heavy (non-hydrogen) atoms. The topological polar surface area (TPSA) is 17.3 Å². The fourth-order valence-corrected chi connectivity index (χ4v) is 1.21. The van der Waals surface area contributed by atoms with Crippen LogP contribution in [0.15, 0.2) is 11.9 Å². The smallest absolute Gasteiger partial charge is 0.119 e. The summed E-state index contributed by atoms with van der Waals surface area (Å²) in [7, 11) is 0. The SMILES string of the molecule is CCN(CC)C1=CCC[N]1. The first-order valence-electron chi connectivity index (χ1n) is 4.01. The predicted molar refractivity (Wildman–Crippen MR) is 42.6 cm³/mol. The van der Waals surface area contributed by atoms with Crippen molar-refractivity contribution in [3.05, 3.63) is 11.9 Å². The molecule has 0 unspecified atom stereocenters. The molecule has 1 rings (SSSR count). The van der Waals surface area contributed by atoms with E-state index in [1.54, 1.807) is 0 Å². The van der Waals surface area contributed by atoms with Crippen LogP contribution in [0.2, 0.25) is 0 Å². The molecule has 0 aromatic carbocycles. The molecule has 1 aliphatic heterocycles. The van der Waals surface area contributed by atoms with Crippen molar-refractivity contribution in [3.8, 4) is 0 Å². The highest BCUT2D eigenvalue weighted by molar-refractivity contribution is 5.03. The van der Waals surface area contributed by atoms with E-state index in [4.69, 9.17) is 0 Å². The van der Waals surface area contributed by atoms with Crippen molar-refractivity contribution in [1.29, 1.82) is 0 Å². The average Bonchev–Trinajstić information content (AvgIpc) is 2.43. The molecule has 1 heterocycles. The molecule has 0 bridgehead atoms. The summed E-state index contributed by atoms with van der Waals surface area (Å²) in [5, 5.41) is 4.36. The van der Waals surface area contributed by atoms with Gasteiger partial charge in [-0.15, -0.1) is 0 Å². The van der Waals surface area contributed by atoms with E-state index >= 15 is 0 Å². The Labute approximate surface area is 62.9 Å². The summed E-state index contributed by atoms with van der Waals surface area (Å²) in [6, 6.07) is 0. The zero-order valence-electron chi connectivity index (χ0n) is 6.80. The molecule has 0 aromatic heterocycles. The molecule has 0 amide bonds. The summed E-state index contributed by atoms with van der Waals surface area (Å²) in [5.74, 6) is 1.20. The first-order valence-corrected chi connectivity index (χ1v) is 4.01. The van der Waals surface area contributed by atoms with Gasteiger partial charge in [0.25, 0.3) is 0 Å². The molecular weight excluding hydrogens is 124 g/mol. The number of rotatable bonds is 3. The minimum Gasteiger partial charge on any atom is -0.358 e. The van der Waals surface area contributed by atoms with Gasteiger partial charge in [0, 0.05) is 19.6 Å². The molecule has 1 radical (unpaired) electrons. The summed E-state index contributed by atoms with van der Waals surface area (Å²) >= 11 is 0. The quantitative estimate of drug-likeness (QED) is 0.574. The Morgan fingerprint density at radius 3 is 2.60 bits per heavy atom. The Kier molecular flexibility index (Phi) is 2.60. The van der Waals surface area contributed by atoms with Gasteiger partial charge in [-0.05, 0) is 26.3 Å². The maximum Gasteiger partial charge on any atom is 0.119 e. The number of nitrogens with zero attached hydrogens (tertiary/aromatic N) is 2. The van der Waals surface area contributed by atoms with E-state index in [1.165, 1.54) is 5.82 Å². The van der Waals surface area contributed by atoms with Gasteiger partial charge in [-0.3, -0.25) is 5.32 Å². The number of hydrogen-bond donors (Lipinski definition) is 0. The molecule has 0 N–H and O–H groups in total. The van der Waals surface area contributed by atoms with Crippen LogP contribution in [0, 0.1) is 0 Å². The molecule has 0 saturated heterocycles. The van der Waals surface area contributed by atoms with Crippen molar-refractivity contribution in [2.45, 2.75) is 20.3 Å². The van der Waals surface area contributed by atoms with Gasteiger partial charge in [0.15, 0.2) is 0 Å². The van der Waals surface area contributed by atoms with Gasteiger partial charge in [-0.2, -0.15) is 0 Å². The van der Waals surface area contributed by atoms with Gasteiger partial charge < -0.3 is 4.90 Å². The van der Waals surface area contributed by atoms with Crippen LogP contribution in [0.25, 0.3) is 0 Å². The zero-order valence-corrected chi connectivity index (χ0v) is 6.80. The highest BCUT2D eigenvalue weighted by atomic mass is 15.2. The van der Waals surface area contributed by atoms with Gasteiger partial charge in [-0.1, -0.05) is 0 Å². The monoisotopic (exact) mass is 139 g/mol. The summed E-state index contributed by atoms with van der Waals surface area (Å²) in [6.45, 7) is 7.47. The number of hydrogen-bond acceptors (Lipinski definition) is 1. The molecule has 1 aliphatic rings. The lowest BCUT2D eigenvalue weighted by atomic mass is 10.4. The third kappa shape index (κ3) is 1.43. The van der Waals surface area contributed by atoms with Crippen molar-refractivity contribution in [3.63, 3.8) is 0 Å². The molecule has 0 atom stereocenters. The van der Waals surface area contributed by atoms with Crippen molar-refractivity contribution < 1.29 is 0 Å². The van der Waals surface area contributed by atoms with Crippen LogP contribution < -0.4 is 5.32 Å². The molecule has 57 valence electrons. The Bertz CT molecular complexity index is 125. The van der Waals surface area contributed by atoms with Crippen molar-refractivity contribution in [2.24, 2.45) is 0 Å². The molecule has 2 heteroatoms. The lowest BCUT2D eigenvalue weighted by Crippen LogP contribution is -2.25. The average molecular weight is 139 g/mol. The largest absolute Gasteiger partial charge is 0.358 e. The van der Waals surface area contributed by atoms with Gasteiger partial charge in [-0.25, -0.2) is 0 Å². The van der Waals surface area contributed by atoms with E-state index in [-0.39, 0.29) is 0 Å². The van der Waals surface area contributed by atoms with Crippen molar-refractivity contribution in [1.82, 2.24) is 10.2 Å². The highest BCUT2D eigenvalue weighted by Crippen LogP contribution is 2.08. The van der Waals surface area contributed by atoms with Gasteiger partial charge in [0.1, 0.15) is 5.82 Å². The van der Waals surface area contributed by atoms with E-state index in [2.05, 4.69) is 30.1 Å². The van der Waals surface area contributed by atoms with E-state index in [0.29, 0.717) is 0 Å². The Balaban J connectivity index is 2.44. The first-order chi connectivity index (χ1) is 4.88. The standard InChI is InChI=1S/C8H15N2/c1-3-10(4-2)8-6-5-7-9-8/h6H,3-5,7H2,1-2H3. The lowest BCUT2D eigenvalue weighted by Gasteiger charge is -2.20. The second-order valence-electron chi connectivity index (χ2n) is 2.41. The second kappa shape index (κ2) is 3.49. The highest BCUT2D eigenvalue weighted by Gasteiger charge is 2.09. The fourth-order valence-electron chi connectivity index (χ4n) is 1.21. The summed E-state index contributed by atoms with van der Waals surface area (Å²) < 4.78 is 0. The maximum atomic E-state index is 4.36. The van der Waals surface area contributed by atoms with E-state index < -0.39 is 0 Å². The molecule has 2 nitrogen and oxygen atoms in total. The summed E-state index contributed by atoms with van der Waals surface area (Å²) in [5.41, 5.74) is 0. The van der Waals surface area contributed by atoms with Crippen LogP contribution in [0.1, 0.15) is 20.3 Å². The zero-order chi connectivity index (χ0) is 7.40. The van der Waals surface area contributed by atoms with Crippen LogP contribution in [0.4, 0.5) is 0 Å². The minimum atomic E-state index is 0.992. The predicted octanol–water partition coefficient (Wildman–Crippen LogP) is 1.18. The van der Waals surface area contributed by atoms with E-state index in [0.717, 1.165) is 26.1 Å². The summed E-state index contributed by atoms with van der Waals surface area (Å²) in [6.07, 6.45) is 3.35. The minimum absolute atomic E-state index is 0.992. The van der Waals surface area contributed by atoms with E-state index in [1.807, 2.05) is 0 Å². The van der Waals surface area contributed by atoms with Crippen LogP contribution in [0.3, 0.4) is 0 Å². The third-order valence-corrected chi connectivity index (χ3v) is 1.82. The first kappa shape index (κ1) is 7.45. The Hall–Kier alpha value is -0.660. The summed E-state index contributed by atoms with van der Waals surface area (Å²) in [4.78, 5) is 2.28. The van der Waals surface area contributed by atoms with E-state index in [9.17, 15) is 0 Å². The molecule has 0 aliphatic carbocycles.